The molecule has 2 aromatic heterocycles. The molecule has 2 N–H and O–H groups in total. The highest BCUT2D eigenvalue weighted by Gasteiger charge is 2.33. The van der Waals surface area contributed by atoms with E-state index < -0.39 is 6.10 Å². The Morgan fingerprint density at radius 1 is 1.48 bits per heavy atom. The van der Waals surface area contributed by atoms with Crippen LogP contribution in [-0.2, 0) is 11.2 Å². The topological polar surface area (TPSA) is 93.2 Å². The van der Waals surface area contributed by atoms with Crippen molar-refractivity contribution in [1.29, 1.82) is 0 Å². The molecule has 1 saturated carbocycles. The predicted octanol–water partition coefficient (Wildman–Crippen LogP) is 1.30. The van der Waals surface area contributed by atoms with Crippen molar-refractivity contribution in [1.82, 2.24) is 20.0 Å². The maximum absolute atomic E-state index is 12.3. The molecule has 1 amide bonds. The molecule has 0 bridgehead atoms. The molecule has 2 aromatic rings. The first-order valence-electron chi connectivity index (χ1n) is 7.93. The van der Waals surface area contributed by atoms with Crippen molar-refractivity contribution in [3.05, 3.63) is 35.7 Å². The van der Waals surface area contributed by atoms with Gasteiger partial charge in [0, 0.05) is 18.0 Å². The van der Waals surface area contributed by atoms with Crippen molar-refractivity contribution in [2.45, 2.75) is 57.7 Å². The fourth-order valence-electron chi connectivity index (χ4n) is 3.28. The molecule has 3 rings (SSSR count). The molecular weight excluding hydrogens is 296 g/mol. The van der Waals surface area contributed by atoms with Gasteiger partial charge in [0.15, 0.2) is 0 Å². The molecule has 124 valence electrons. The minimum absolute atomic E-state index is 0.0457. The molecule has 3 atom stereocenters. The number of imidazole rings is 1. The smallest absolute Gasteiger partial charge is 0.224 e. The first kappa shape index (κ1) is 15.7. The van der Waals surface area contributed by atoms with Crippen molar-refractivity contribution in [3.8, 4) is 0 Å². The SMILES string of the molecule is Cc1noc(C)c1CC(=O)N[C@@H]1CCC[C@@H](n2ccnc2)[C@@H]1O. The standard InChI is InChI=1S/C16H22N4O3/c1-10-12(11(2)23-19-10)8-15(21)18-13-4-3-5-14(16(13)22)20-7-6-17-9-20/h6-7,9,13-14,16,22H,3-5,8H2,1-2H3,(H,18,21)/t13-,14-,16-/m1/s1. The van der Waals surface area contributed by atoms with E-state index in [1.54, 1.807) is 19.4 Å². The Labute approximate surface area is 134 Å². The number of amides is 1. The number of hydrogen-bond donors (Lipinski definition) is 2. The number of rotatable bonds is 4. The normalized spacial score (nSPS) is 24.6. The first-order valence-corrected chi connectivity index (χ1v) is 7.93. The summed E-state index contributed by atoms with van der Waals surface area (Å²) in [6.45, 7) is 3.62. The van der Waals surface area contributed by atoms with E-state index in [-0.39, 0.29) is 24.4 Å². The fraction of sp³-hybridized carbons (Fsp3) is 0.562. The number of aryl methyl sites for hydroxylation is 2. The van der Waals surface area contributed by atoms with Crippen LogP contribution >= 0.6 is 0 Å². The van der Waals surface area contributed by atoms with Crippen LogP contribution in [0.4, 0.5) is 0 Å². The van der Waals surface area contributed by atoms with Gasteiger partial charge in [0.1, 0.15) is 5.76 Å². The molecule has 0 aromatic carbocycles. The summed E-state index contributed by atoms with van der Waals surface area (Å²) in [6, 6.07) is -0.292. The second-order valence-electron chi connectivity index (χ2n) is 6.15. The van der Waals surface area contributed by atoms with Crippen LogP contribution < -0.4 is 5.32 Å². The van der Waals surface area contributed by atoms with Crippen LogP contribution in [0.1, 0.15) is 42.3 Å². The second-order valence-corrected chi connectivity index (χ2v) is 6.15. The Morgan fingerprint density at radius 3 is 2.96 bits per heavy atom. The average Bonchev–Trinajstić information content (AvgIpc) is 3.15. The Bertz CT molecular complexity index is 645. The molecule has 1 fully saturated rings. The van der Waals surface area contributed by atoms with Crippen LogP contribution in [0.5, 0.6) is 0 Å². The van der Waals surface area contributed by atoms with Crippen molar-refractivity contribution < 1.29 is 14.4 Å². The van der Waals surface area contributed by atoms with Gasteiger partial charge in [-0.1, -0.05) is 5.16 Å². The van der Waals surface area contributed by atoms with E-state index >= 15 is 0 Å². The number of aromatic nitrogens is 3. The van der Waals surface area contributed by atoms with E-state index in [9.17, 15) is 9.90 Å². The van der Waals surface area contributed by atoms with Crippen LogP contribution in [0.25, 0.3) is 0 Å². The molecular formula is C16H22N4O3. The molecule has 7 heteroatoms. The largest absolute Gasteiger partial charge is 0.389 e. The summed E-state index contributed by atoms with van der Waals surface area (Å²) >= 11 is 0. The average molecular weight is 318 g/mol. The zero-order valence-corrected chi connectivity index (χ0v) is 13.4. The number of nitrogens with one attached hydrogen (secondary N) is 1. The maximum Gasteiger partial charge on any atom is 0.224 e. The summed E-state index contributed by atoms with van der Waals surface area (Å²) < 4.78 is 7.00. The highest BCUT2D eigenvalue weighted by Crippen LogP contribution is 2.29. The van der Waals surface area contributed by atoms with Crippen LogP contribution in [0, 0.1) is 13.8 Å². The highest BCUT2D eigenvalue weighted by molar-refractivity contribution is 5.79. The lowest BCUT2D eigenvalue weighted by molar-refractivity contribution is -0.122. The number of aliphatic hydroxyl groups excluding tert-OH is 1. The zero-order valence-electron chi connectivity index (χ0n) is 13.4. The Morgan fingerprint density at radius 2 is 2.30 bits per heavy atom. The van der Waals surface area contributed by atoms with Crippen molar-refractivity contribution in [3.63, 3.8) is 0 Å². The number of nitrogens with zero attached hydrogens (tertiary/aromatic N) is 3. The van der Waals surface area contributed by atoms with Crippen molar-refractivity contribution in [2.24, 2.45) is 0 Å². The summed E-state index contributed by atoms with van der Waals surface area (Å²) in [7, 11) is 0. The third-order valence-corrected chi connectivity index (χ3v) is 4.59. The molecule has 0 radical (unpaired) electrons. The number of carbonyl (C=O) groups excluding carboxylic acids is 1. The molecule has 0 unspecified atom stereocenters. The van der Waals surface area contributed by atoms with Gasteiger partial charge in [-0.3, -0.25) is 4.79 Å². The molecule has 23 heavy (non-hydrogen) atoms. The fourth-order valence-corrected chi connectivity index (χ4v) is 3.28. The third-order valence-electron chi connectivity index (χ3n) is 4.59. The van der Waals surface area contributed by atoms with Crippen LogP contribution in [0.2, 0.25) is 0 Å². The van der Waals surface area contributed by atoms with Crippen LogP contribution in [0.3, 0.4) is 0 Å². The van der Waals surface area contributed by atoms with E-state index in [2.05, 4.69) is 15.5 Å². The predicted molar refractivity (Wildman–Crippen MR) is 82.7 cm³/mol. The summed E-state index contributed by atoms with van der Waals surface area (Å²) in [6.07, 6.45) is 7.48. The summed E-state index contributed by atoms with van der Waals surface area (Å²) in [5.41, 5.74) is 1.55. The lowest BCUT2D eigenvalue weighted by atomic mass is 9.87. The third kappa shape index (κ3) is 3.29. The van der Waals surface area contributed by atoms with Gasteiger partial charge in [0.05, 0.1) is 36.6 Å². The lowest BCUT2D eigenvalue weighted by Gasteiger charge is -2.35. The lowest BCUT2D eigenvalue weighted by Crippen LogP contribution is -2.49. The van der Waals surface area contributed by atoms with Crippen LogP contribution in [-0.4, -0.2) is 37.9 Å². The van der Waals surface area contributed by atoms with Crippen molar-refractivity contribution >= 4 is 5.91 Å². The molecule has 1 aliphatic carbocycles. The monoisotopic (exact) mass is 318 g/mol. The summed E-state index contributed by atoms with van der Waals surface area (Å²) in [5, 5.41) is 17.4. The molecule has 2 heterocycles. The zero-order chi connectivity index (χ0) is 16.4. The maximum atomic E-state index is 12.3. The second kappa shape index (κ2) is 6.54. The summed E-state index contributed by atoms with van der Waals surface area (Å²) in [5.74, 6) is 0.549. The van der Waals surface area contributed by atoms with Gasteiger partial charge >= 0.3 is 0 Å². The van der Waals surface area contributed by atoms with Crippen molar-refractivity contribution in [2.75, 3.05) is 0 Å². The number of aliphatic hydroxyl groups is 1. The minimum atomic E-state index is -0.619. The van der Waals surface area contributed by atoms with E-state index in [1.807, 2.05) is 17.7 Å². The summed E-state index contributed by atoms with van der Waals surface area (Å²) in [4.78, 5) is 16.3. The van der Waals surface area contributed by atoms with Gasteiger partial charge in [-0.05, 0) is 33.1 Å². The molecule has 7 nitrogen and oxygen atoms in total. The van der Waals surface area contributed by atoms with Gasteiger partial charge < -0.3 is 19.5 Å². The van der Waals surface area contributed by atoms with Gasteiger partial charge in [0.2, 0.25) is 5.91 Å². The quantitative estimate of drug-likeness (QED) is 0.886. The molecule has 0 aliphatic heterocycles. The Hall–Kier alpha value is -2.15. The minimum Gasteiger partial charge on any atom is -0.389 e. The highest BCUT2D eigenvalue weighted by atomic mass is 16.5. The first-order chi connectivity index (χ1) is 11.1. The van der Waals surface area contributed by atoms with E-state index in [4.69, 9.17) is 4.52 Å². The van der Waals surface area contributed by atoms with E-state index in [0.717, 1.165) is 30.5 Å². The molecule has 0 spiro atoms. The van der Waals surface area contributed by atoms with Crippen LogP contribution in [0.15, 0.2) is 23.2 Å². The molecule has 1 aliphatic rings. The number of hydrogen-bond acceptors (Lipinski definition) is 5. The molecule has 0 saturated heterocycles. The Kier molecular flexibility index (Phi) is 4.47. The number of carbonyl (C=O) groups is 1. The van der Waals surface area contributed by atoms with Gasteiger partial charge in [-0.2, -0.15) is 0 Å². The van der Waals surface area contributed by atoms with Gasteiger partial charge in [-0.25, -0.2) is 4.98 Å². The Balaban J connectivity index is 1.64. The van der Waals surface area contributed by atoms with Gasteiger partial charge in [-0.15, -0.1) is 0 Å². The van der Waals surface area contributed by atoms with Gasteiger partial charge in [0.25, 0.3) is 0 Å². The van der Waals surface area contributed by atoms with E-state index in [0.29, 0.717) is 5.76 Å². The van der Waals surface area contributed by atoms with E-state index in [1.165, 1.54) is 0 Å².